The molecule has 0 bridgehead atoms. The Hall–Kier alpha value is -1.17. The number of rotatable bonds is 9. The van der Waals surface area contributed by atoms with Crippen molar-refractivity contribution in [2.45, 2.75) is 31.7 Å². The van der Waals surface area contributed by atoms with Gasteiger partial charge in [0.1, 0.15) is 0 Å². The quantitative estimate of drug-likeness (QED) is 0.552. The van der Waals surface area contributed by atoms with Crippen molar-refractivity contribution >= 4 is 43.4 Å². The van der Waals surface area contributed by atoms with E-state index in [-0.39, 0.29) is 23.9 Å². The Morgan fingerprint density at radius 3 is 2.23 bits per heavy atom. The highest BCUT2D eigenvalue weighted by Gasteiger charge is 2.23. The molecule has 0 aliphatic carbocycles. The first-order valence-corrected chi connectivity index (χ1v) is 13.6. The zero-order valence-electron chi connectivity index (χ0n) is 18.3. The van der Waals surface area contributed by atoms with Crippen molar-refractivity contribution in [2.75, 3.05) is 45.7 Å². The van der Waals surface area contributed by atoms with E-state index in [1.807, 2.05) is 16.7 Å². The van der Waals surface area contributed by atoms with Gasteiger partial charge >= 0.3 is 0 Å². The van der Waals surface area contributed by atoms with E-state index in [2.05, 4.69) is 33.7 Å². The third kappa shape index (κ3) is 6.66. The number of piperidine rings is 1. The number of hydrogen-bond acceptors (Lipinski definition) is 5. The summed E-state index contributed by atoms with van der Waals surface area (Å²) in [4.78, 5) is 2.32. The number of nitrogens with one attached hydrogen (secondary N) is 2. The van der Waals surface area contributed by atoms with Gasteiger partial charge in [0.05, 0.1) is 11.5 Å². The highest BCUT2D eigenvalue weighted by Crippen LogP contribution is 2.35. The highest BCUT2D eigenvalue weighted by atomic mass is 35.5. The number of fused-ring (bicyclic) bond motifs is 1. The largest absolute Gasteiger partial charge is 0.346 e. The van der Waals surface area contributed by atoms with Crippen molar-refractivity contribution in [3.8, 4) is 0 Å². The fourth-order valence-electron chi connectivity index (χ4n) is 4.03. The lowest BCUT2D eigenvalue weighted by atomic mass is 9.89. The molecule has 1 aliphatic rings. The van der Waals surface area contributed by atoms with E-state index >= 15 is 0 Å². The summed E-state index contributed by atoms with van der Waals surface area (Å²) >= 11 is 0. The van der Waals surface area contributed by atoms with Crippen LogP contribution in [0.3, 0.4) is 0 Å². The number of hydrogen-bond donors (Lipinski definition) is 2. The van der Waals surface area contributed by atoms with Gasteiger partial charge in [0.25, 0.3) is 0 Å². The van der Waals surface area contributed by atoms with Crippen molar-refractivity contribution < 1.29 is 16.8 Å². The second-order valence-corrected chi connectivity index (χ2v) is 12.1. The molecule has 1 saturated heterocycles. The van der Waals surface area contributed by atoms with Crippen LogP contribution >= 0.6 is 12.4 Å². The van der Waals surface area contributed by atoms with Gasteiger partial charge in [0.2, 0.25) is 20.0 Å². The lowest BCUT2D eigenvalue weighted by Crippen LogP contribution is -2.29. The van der Waals surface area contributed by atoms with Crippen molar-refractivity contribution in [3.63, 3.8) is 0 Å². The molecular weight excluding hydrogens is 460 g/mol. The van der Waals surface area contributed by atoms with Crippen LogP contribution in [0, 0.1) is 0 Å². The van der Waals surface area contributed by atoms with Gasteiger partial charge in [-0.3, -0.25) is 0 Å². The summed E-state index contributed by atoms with van der Waals surface area (Å²) in [5.74, 6) is 0.476. The van der Waals surface area contributed by atoms with Crippen LogP contribution in [0.2, 0.25) is 0 Å². The molecule has 2 aromatic rings. The third-order valence-electron chi connectivity index (χ3n) is 6.02. The molecule has 8 nitrogen and oxygen atoms in total. The zero-order valence-corrected chi connectivity index (χ0v) is 20.7. The maximum Gasteiger partial charge on any atom is 0.213 e. The van der Waals surface area contributed by atoms with E-state index in [9.17, 15) is 16.8 Å². The minimum absolute atomic E-state index is 0. The average Bonchev–Trinajstić information content (AvgIpc) is 3.09. The maximum absolute atomic E-state index is 11.9. The van der Waals surface area contributed by atoms with Gasteiger partial charge < -0.3 is 9.47 Å². The smallest absolute Gasteiger partial charge is 0.213 e. The normalized spacial score (nSPS) is 16.5. The molecule has 0 radical (unpaired) electrons. The van der Waals surface area contributed by atoms with Crippen molar-refractivity contribution in [3.05, 3.63) is 35.5 Å². The van der Waals surface area contributed by atoms with Crippen molar-refractivity contribution in [1.29, 1.82) is 0 Å². The molecule has 176 valence electrons. The molecule has 11 heteroatoms. The molecular formula is C20H33ClN4O4S2. The molecule has 0 spiro atoms. The Morgan fingerprint density at radius 2 is 1.61 bits per heavy atom. The van der Waals surface area contributed by atoms with E-state index in [4.69, 9.17) is 0 Å². The molecule has 1 aromatic carbocycles. The van der Waals surface area contributed by atoms with Gasteiger partial charge in [-0.25, -0.2) is 26.3 Å². The number of nitrogens with zero attached hydrogens (tertiary/aromatic N) is 2. The van der Waals surface area contributed by atoms with Gasteiger partial charge in [0, 0.05) is 23.6 Å². The van der Waals surface area contributed by atoms with Crippen LogP contribution in [0.5, 0.6) is 0 Å². The second kappa shape index (κ2) is 10.6. The predicted octanol–water partition coefficient (Wildman–Crippen LogP) is 1.51. The summed E-state index contributed by atoms with van der Waals surface area (Å²) in [5.41, 5.74) is 3.20. The summed E-state index contributed by atoms with van der Waals surface area (Å²) in [6, 6.07) is 6.01. The Morgan fingerprint density at radius 1 is 1.00 bits per heavy atom. The average molecular weight is 493 g/mol. The van der Waals surface area contributed by atoms with Crippen LogP contribution < -0.4 is 9.44 Å². The predicted molar refractivity (Wildman–Crippen MR) is 128 cm³/mol. The van der Waals surface area contributed by atoms with E-state index in [0.717, 1.165) is 42.4 Å². The monoisotopic (exact) mass is 492 g/mol. The number of likely N-dealkylation sites (tertiary alicyclic amines) is 1. The molecule has 0 atom stereocenters. The highest BCUT2D eigenvalue weighted by molar-refractivity contribution is 7.89. The summed E-state index contributed by atoms with van der Waals surface area (Å²) in [6.07, 6.45) is 4.65. The Kier molecular flexibility index (Phi) is 8.95. The summed E-state index contributed by atoms with van der Waals surface area (Å²) in [6.45, 7) is 2.44. The maximum atomic E-state index is 11.9. The summed E-state index contributed by atoms with van der Waals surface area (Å²) in [5, 5.41) is 1.10. The Labute approximate surface area is 191 Å². The van der Waals surface area contributed by atoms with Gasteiger partial charge in [-0.05, 0) is 82.7 Å². The topological polar surface area (TPSA) is 101 Å². The zero-order chi connectivity index (χ0) is 21.9. The van der Waals surface area contributed by atoms with Crippen LogP contribution in [-0.4, -0.2) is 72.0 Å². The number of sulfonamides is 2. The molecule has 2 N–H and O–H groups in total. The number of benzene rings is 1. The van der Waals surface area contributed by atoms with Crippen LogP contribution in [0.4, 0.5) is 0 Å². The van der Waals surface area contributed by atoms with Gasteiger partial charge in [0.15, 0.2) is 0 Å². The standard InChI is InChI=1S/C20H32N4O4S2.ClH/c1-21-29(25,26)12-8-16-4-5-20-18(14-16)19(17-6-9-23(3)10-7-17)15-24(20)11-13-30(27,28)22-2;/h4-5,14-15,17,21-22H,6-13H2,1-3H3;1H. The van der Waals surface area contributed by atoms with Crippen LogP contribution in [0.1, 0.15) is 29.9 Å². The minimum atomic E-state index is -3.30. The van der Waals surface area contributed by atoms with E-state index in [1.165, 1.54) is 19.7 Å². The van der Waals surface area contributed by atoms with Crippen molar-refractivity contribution in [2.24, 2.45) is 0 Å². The Balaban J connectivity index is 0.00000341. The lowest BCUT2D eigenvalue weighted by Gasteiger charge is -2.28. The van der Waals surface area contributed by atoms with Crippen LogP contribution in [0.25, 0.3) is 10.9 Å². The van der Waals surface area contributed by atoms with Crippen LogP contribution in [-0.2, 0) is 33.0 Å². The molecule has 1 aliphatic heterocycles. The van der Waals surface area contributed by atoms with Gasteiger partial charge in [-0.15, -0.1) is 12.4 Å². The van der Waals surface area contributed by atoms with Gasteiger partial charge in [-0.1, -0.05) is 6.07 Å². The summed E-state index contributed by atoms with van der Waals surface area (Å²) < 4.78 is 54.2. The van der Waals surface area contributed by atoms with Crippen molar-refractivity contribution in [1.82, 2.24) is 18.9 Å². The van der Waals surface area contributed by atoms with E-state index in [0.29, 0.717) is 18.9 Å². The van der Waals surface area contributed by atoms with Gasteiger partial charge in [-0.2, -0.15) is 0 Å². The fraction of sp³-hybridized carbons (Fsp3) is 0.600. The summed E-state index contributed by atoms with van der Waals surface area (Å²) in [7, 11) is -1.58. The van der Waals surface area contributed by atoms with E-state index < -0.39 is 20.0 Å². The molecule has 2 heterocycles. The first-order valence-electron chi connectivity index (χ1n) is 10.3. The molecule has 1 fully saturated rings. The molecule has 1 aromatic heterocycles. The number of halogens is 1. The number of aromatic nitrogens is 1. The molecule has 0 saturated carbocycles. The molecule has 0 unspecified atom stereocenters. The fourth-order valence-corrected chi connectivity index (χ4v) is 5.38. The Bertz CT molecular complexity index is 1090. The molecule has 0 amide bonds. The van der Waals surface area contributed by atoms with E-state index in [1.54, 1.807) is 0 Å². The third-order valence-corrected chi connectivity index (χ3v) is 8.72. The van der Waals surface area contributed by atoms with Crippen LogP contribution in [0.15, 0.2) is 24.4 Å². The SMILES string of the molecule is CNS(=O)(=O)CCc1ccc2c(c1)c(C1CCN(C)CC1)cn2CCS(=O)(=O)NC.Cl. The first kappa shape index (κ1) is 26.1. The first-order chi connectivity index (χ1) is 14.1. The molecule has 3 rings (SSSR count). The molecule has 31 heavy (non-hydrogen) atoms. The second-order valence-electron chi connectivity index (χ2n) is 8.00. The lowest BCUT2D eigenvalue weighted by molar-refractivity contribution is 0.256. The number of aryl methyl sites for hydroxylation is 2. The minimum Gasteiger partial charge on any atom is -0.346 e.